The van der Waals surface area contributed by atoms with Crippen LogP contribution in [0.25, 0.3) is 0 Å². The highest BCUT2D eigenvalue weighted by Gasteiger charge is 2.24. The first-order valence-electron chi connectivity index (χ1n) is 9.52. The monoisotopic (exact) mass is 331 g/mol. The lowest BCUT2D eigenvalue weighted by molar-refractivity contribution is 0.148. The SMILES string of the molecule is CCC1CCCCN1C(=O)NCc1ccc(CN(CC)CC)cc1. The highest BCUT2D eigenvalue weighted by atomic mass is 16.2. The normalized spacial score (nSPS) is 18.0. The average molecular weight is 332 g/mol. The van der Waals surface area contributed by atoms with Crippen molar-refractivity contribution in [2.24, 2.45) is 0 Å². The van der Waals surface area contributed by atoms with Crippen molar-refractivity contribution in [2.75, 3.05) is 19.6 Å². The minimum absolute atomic E-state index is 0.0915. The third-order valence-corrected chi connectivity index (χ3v) is 5.13. The number of carbonyl (C=O) groups excluding carboxylic acids is 1. The molecule has 2 rings (SSSR count). The fraction of sp³-hybridized carbons (Fsp3) is 0.650. The molecule has 0 radical (unpaired) electrons. The minimum atomic E-state index is 0.0915. The minimum Gasteiger partial charge on any atom is -0.334 e. The van der Waals surface area contributed by atoms with Crippen LogP contribution < -0.4 is 5.32 Å². The van der Waals surface area contributed by atoms with Crippen LogP contribution in [-0.2, 0) is 13.1 Å². The lowest BCUT2D eigenvalue weighted by Gasteiger charge is -2.35. The molecular weight excluding hydrogens is 298 g/mol. The van der Waals surface area contributed by atoms with Gasteiger partial charge in [0.1, 0.15) is 0 Å². The fourth-order valence-corrected chi connectivity index (χ4v) is 3.44. The molecule has 0 aromatic heterocycles. The molecule has 1 aromatic carbocycles. The molecule has 0 spiro atoms. The molecule has 0 bridgehead atoms. The van der Waals surface area contributed by atoms with Gasteiger partial charge in [0.15, 0.2) is 0 Å². The summed E-state index contributed by atoms with van der Waals surface area (Å²) in [5.41, 5.74) is 2.49. The second-order valence-corrected chi connectivity index (χ2v) is 6.69. The van der Waals surface area contributed by atoms with Crippen LogP contribution in [0.2, 0.25) is 0 Å². The van der Waals surface area contributed by atoms with Gasteiger partial charge in [0.25, 0.3) is 0 Å². The zero-order valence-electron chi connectivity index (χ0n) is 15.6. The molecule has 4 heteroatoms. The summed E-state index contributed by atoms with van der Waals surface area (Å²) in [4.78, 5) is 16.9. The number of hydrogen-bond acceptors (Lipinski definition) is 2. The Balaban J connectivity index is 1.84. The number of amides is 2. The Labute approximate surface area is 147 Å². The fourth-order valence-electron chi connectivity index (χ4n) is 3.44. The van der Waals surface area contributed by atoms with E-state index < -0.39 is 0 Å². The number of likely N-dealkylation sites (tertiary alicyclic amines) is 1. The van der Waals surface area contributed by atoms with Gasteiger partial charge in [-0.05, 0) is 49.9 Å². The van der Waals surface area contributed by atoms with Crippen molar-refractivity contribution in [2.45, 2.75) is 65.6 Å². The predicted molar refractivity (Wildman–Crippen MR) is 99.9 cm³/mol. The number of benzene rings is 1. The molecule has 1 heterocycles. The standard InChI is InChI=1S/C20H33N3O/c1-4-19-9-7-8-14-23(19)20(24)21-15-17-10-12-18(13-11-17)16-22(5-2)6-3/h10-13,19H,4-9,14-16H2,1-3H3,(H,21,24). The third-order valence-electron chi connectivity index (χ3n) is 5.13. The number of urea groups is 1. The summed E-state index contributed by atoms with van der Waals surface area (Å²) in [5, 5.41) is 3.09. The largest absolute Gasteiger partial charge is 0.334 e. The Kier molecular flexibility index (Phi) is 7.57. The maximum absolute atomic E-state index is 12.4. The van der Waals surface area contributed by atoms with Gasteiger partial charge in [0.2, 0.25) is 0 Å². The molecule has 1 unspecified atom stereocenters. The molecule has 1 aliphatic rings. The molecule has 24 heavy (non-hydrogen) atoms. The Bertz CT molecular complexity index is 496. The summed E-state index contributed by atoms with van der Waals surface area (Å²) in [6, 6.07) is 9.12. The van der Waals surface area contributed by atoms with Crippen molar-refractivity contribution < 1.29 is 4.79 Å². The molecule has 1 fully saturated rings. The summed E-state index contributed by atoms with van der Waals surface area (Å²) < 4.78 is 0. The number of nitrogens with zero attached hydrogens (tertiary/aromatic N) is 2. The first-order chi connectivity index (χ1) is 11.7. The molecular formula is C20H33N3O. The van der Waals surface area contributed by atoms with E-state index in [1.807, 2.05) is 4.90 Å². The summed E-state index contributed by atoms with van der Waals surface area (Å²) in [7, 11) is 0. The number of piperidine rings is 1. The van der Waals surface area contributed by atoms with Crippen LogP contribution in [0.5, 0.6) is 0 Å². The Hall–Kier alpha value is -1.55. The zero-order valence-corrected chi connectivity index (χ0v) is 15.6. The maximum atomic E-state index is 12.4. The van der Waals surface area contributed by atoms with Crippen molar-refractivity contribution in [3.8, 4) is 0 Å². The lowest BCUT2D eigenvalue weighted by Crippen LogP contribution is -2.48. The highest BCUT2D eigenvalue weighted by molar-refractivity contribution is 5.74. The second-order valence-electron chi connectivity index (χ2n) is 6.69. The van der Waals surface area contributed by atoms with Gasteiger partial charge in [-0.2, -0.15) is 0 Å². The molecule has 1 saturated heterocycles. The van der Waals surface area contributed by atoms with Crippen LogP contribution in [0.1, 0.15) is 57.6 Å². The van der Waals surface area contributed by atoms with Crippen molar-refractivity contribution in [3.05, 3.63) is 35.4 Å². The number of hydrogen-bond donors (Lipinski definition) is 1. The van der Waals surface area contributed by atoms with E-state index in [4.69, 9.17) is 0 Å². The van der Waals surface area contributed by atoms with E-state index in [1.165, 1.54) is 12.0 Å². The van der Waals surface area contributed by atoms with Gasteiger partial charge in [0, 0.05) is 25.7 Å². The number of carbonyl (C=O) groups is 1. The first kappa shape index (κ1) is 18.8. The van der Waals surface area contributed by atoms with Gasteiger partial charge < -0.3 is 10.2 Å². The molecule has 0 aliphatic carbocycles. The molecule has 134 valence electrons. The summed E-state index contributed by atoms with van der Waals surface area (Å²) >= 11 is 0. The molecule has 4 nitrogen and oxygen atoms in total. The van der Waals surface area contributed by atoms with E-state index >= 15 is 0 Å². The van der Waals surface area contributed by atoms with E-state index in [2.05, 4.69) is 55.3 Å². The van der Waals surface area contributed by atoms with Gasteiger partial charge in [-0.1, -0.05) is 45.0 Å². The first-order valence-corrected chi connectivity index (χ1v) is 9.52. The highest BCUT2D eigenvalue weighted by Crippen LogP contribution is 2.19. The molecule has 1 aromatic rings. The summed E-state index contributed by atoms with van der Waals surface area (Å²) in [6.45, 7) is 11.2. The molecule has 1 N–H and O–H groups in total. The summed E-state index contributed by atoms with van der Waals surface area (Å²) in [5.74, 6) is 0. The third kappa shape index (κ3) is 5.23. The van der Waals surface area contributed by atoms with Gasteiger partial charge in [-0.15, -0.1) is 0 Å². The van der Waals surface area contributed by atoms with Crippen LogP contribution in [0.4, 0.5) is 4.79 Å². The Morgan fingerprint density at radius 3 is 2.42 bits per heavy atom. The number of rotatable bonds is 7. The van der Waals surface area contributed by atoms with Crippen molar-refractivity contribution in [3.63, 3.8) is 0 Å². The van der Waals surface area contributed by atoms with E-state index in [0.29, 0.717) is 12.6 Å². The van der Waals surface area contributed by atoms with E-state index in [9.17, 15) is 4.79 Å². The average Bonchev–Trinajstić information content (AvgIpc) is 2.65. The van der Waals surface area contributed by atoms with Crippen molar-refractivity contribution in [1.29, 1.82) is 0 Å². The second kappa shape index (κ2) is 9.67. The molecule has 1 atom stereocenters. The lowest BCUT2D eigenvalue weighted by atomic mass is 10.0. The van der Waals surface area contributed by atoms with Crippen LogP contribution >= 0.6 is 0 Å². The summed E-state index contributed by atoms with van der Waals surface area (Å²) in [6.07, 6.45) is 4.57. The van der Waals surface area contributed by atoms with Crippen LogP contribution in [0.3, 0.4) is 0 Å². The Morgan fingerprint density at radius 1 is 1.12 bits per heavy atom. The van der Waals surface area contributed by atoms with Crippen molar-refractivity contribution in [1.82, 2.24) is 15.1 Å². The van der Waals surface area contributed by atoms with Gasteiger partial charge in [0.05, 0.1) is 0 Å². The van der Waals surface area contributed by atoms with Gasteiger partial charge >= 0.3 is 6.03 Å². The van der Waals surface area contributed by atoms with E-state index in [1.54, 1.807) is 0 Å². The molecule has 0 saturated carbocycles. The van der Waals surface area contributed by atoms with E-state index in [-0.39, 0.29) is 6.03 Å². The smallest absolute Gasteiger partial charge is 0.317 e. The Morgan fingerprint density at radius 2 is 1.79 bits per heavy atom. The van der Waals surface area contributed by atoms with E-state index in [0.717, 1.165) is 51.0 Å². The van der Waals surface area contributed by atoms with Crippen LogP contribution in [0.15, 0.2) is 24.3 Å². The predicted octanol–water partition coefficient (Wildman–Crippen LogP) is 4.00. The quantitative estimate of drug-likeness (QED) is 0.819. The van der Waals surface area contributed by atoms with Crippen LogP contribution in [-0.4, -0.2) is 41.5 Å². The van der Waals surface area contributed by atoms with Gasteiger partial charge in [-0.3, -0.25) is 4.90 Å². The number of nitrogens with one attached hydrogen (secondary N) is 1. The van der Waals surface area contributed by atoms with Crippen LogP contribution in [0, 0.1) is 0 Å². The molecule has 2 amide bonds. The molecule has 1 aliphatic heterocycles. The zero-order chi connectivity index (χ0) is 17.4. The van der Waals surface area contributed by atoms with Gasteiger partial charge in [-0.25, -0.2) is 4.79 Å². The topological polar surface area (TPSA) is 35.6 Å². The maximum Gasteiger partial charge on any atom is 0.317 e. The van der Waals surface area contributed by atoms with Crippen molar-refractivity contribution >= 4 is 6.03 Å².